The van der Waals surface area contributed by atoms with E-state index in [1.54, 1.807) is 0 Å². The van der Waals surface area contributed by atoms with Crippen molar-refractivity contribution in [1.29, 1.82) is 0 Å². The summed E-state index contributed by atoms with van der Waals surface area (Å²) < 4.78 is 68.3. The van der Waals surface area contributed by atoms with E-state index in [0.717, 1.165) is 128 Å². The molecule has 0 saturated carbocycles. The molecule has 0 aliphatic rings. The lowest BCUT2D eigenvalue weighted by atomic mass is 10.0. The Bertz CT molecular complexity index is 1970. The summed E-state index contributed by atoms with van der Waals surface area (Å²) in [4.78, 5) is 72.6. The Kier molecular flexibility index (Phi) is 62.0. The van der Waals surface area contributed by atoms with Crippen molar-refractivity contribution in [3.05, 3.63) is 48.6 Å². The van der Waals surface area contributed by atoms with E-state index in [0.29, 0.717) is 31.6 Å². The van der Waals surface area contributed by atoms with Gasteiger partial charge in [-0.1, -0.05) is 270 Å². The van der Waals surface area contributed by atoms with Gasteiger partial charge in [-0.05, 0) is 88.9 Å². The van der Waals surface area contributed by atoms with Crippen molar-refractivity contribution < 1.29 is 80.2 Å². The summed E-state index contributed by atoms with van der Waals surface area (Å²) in [6, 6.07) is 0. The van der Waals surface area contributed by atoms with Gasteiger partial charge in [-0.25, -0.2) is 9.13 Å². The summed E-state index contributed by atoms with van der Waals surface area (Å²) >= 11 is 0. The number of aliphatic hydroxyl groups excluding tert-OH is 1. The van der Waals surface area contributed by atoms with Crippen molar-refractivity contribution in [2.45, 2.75) is 342 Å². The van der Waals surface area contributed by atoms with Crippen LogP contribution in [0, 0.1) is 11.8 Å². The maximum Gasteiger partial charge on any atom is 0.472 e. The molecule has 0 bridgehead atoms. The van der Waals surface area contributed by atoms with Crippen LogP contribution in [0.2, 0.25) is 0 Å². The van der Waals surface area contributed by atoms with Gasteiger partial charge in [0.25, 0.3) is 0 Å². The quantitative estimate of drug-likeness (QED) is 0.0169. The fraction of sp³-hybridized carbons (Fsp3) is 0.836. The van der Waals surface area contributed by atoms with Gasteiger partial charge in [-0.2, -0.15) is 0 Å². The molecule has 538 valence electrons. The molecule has 0 aromatic rings. The standard InChI is InChI=1S/C73H134O17P2/c1-7-9-11-13-15-17-19-21-23-25-27-29-37-43-49-55-70(75)83-61-68(89-72(77)57-51-45-39-30-28-26-24-22-20-18-16-14-12-10-8-2)63-87-91(79,80)85-59-67(74)60-86-92(81,82)88-64-69(90-73(78)58-52-46-40-34-32-36-42-48-54-66(5)6)62-84-71(76)56-50-44-38-33-31-35-41-47-53-65(3)4/h17-24,65-69,74H,7-16,25-64H2,1-6H3,(H,79,80)(H,81,82)/b19-17-,20-18-,23-21-,24-22-/t67?,68-,69-/m1/s1. The second-order valence-electron chi connectivity index (χ2n) is 25.9. The lowest BCUT2D eigenvalue weighted by Crippen LogP contribution is -2.30. The molecule has 3 N–H and O–H groups in total. The van der Waals surface area contributed by atoms with E-state index in [1.807, 2.05) is 0 Å². The van der Waals surface area contributed by atoms with E-state index in [-0.39, 0.29) is 25.7 Å². The summed E-state index contributed by atoms with van der Waals surface area (Å²) in [5.41, 5.74) is 0. The summed E-state index contributed by atoms with van der Waals surface area (Å²) in [6.45, 7) is 9.35. The highest BCUT2D eigenvalue weighted by molar-refractivity contribution is 7.47. The molecule has 0 amide bonds. The minimum Gasteiger partial charge on any atom is -0.462 e. The lowest BCUT2D eigenvalue weighted by molar-refractivity contribution is -0.161. The van der Waals surface area contributed by atoms with Crippen LogP contribution in [0.3, 0.4) is 0 Å². The molecule has 0 heterocycles. The summed E-state index contributed by atoms with van der Waals surface area (Å²) in [5, 5.41) is 10.6. The van der Waals surface area contributed by atoms with Gasteiger partial charge in [0, 0.05) is 25.7 Å². The fourth-order valence-electron chi connectivity index (χ4n) is 10.0. The number of unbranched alkanes of at least 4 members (excludes halogenated alkanes) is 32. The number of phosphoric acid groups is 2. The van der Waals surface area contributed by atoms with Crippen LogP contribution in [0.5, 0.6) is 0 Å². The Labute approximate surface area is 559 Å². The largest absolute Gasteiger partial charge is 0.472 e. The van der Waals surface area contributed by atoms with Crippen molar-refractivity contribution in [2.24, 2.45) is 11.8 Å². The monoisotopic (exact) mass is 1340 g/mol. The topological polar surface area (TPSA) is 237 Å². The highest BCUT2D eigenvalue weighted by atomic mass is 31.2. The number of esters is 4. The van der Waals surface area contributed by atoms with Crippen molar-refractivity contribution in [3.8, 4) is 0 Å². The predicted octanol–water partition coefficient (Wildman–Crippen LogP) is 20.3. The number of ether oxygens (including phenoxy) is 4. The Morgan fingerprint density at radius 1 is 0.337 bits per heavy atom. The van der Waals surface area contributed by atoms with Gasteiger partial charge in [0.05, 0.1) is 26.4 Å². The molecule has 0 aliphatic heterocycles. The molecule has 17 nitrogen and oxygen atoms in total. The Morgan fingerprint density at radius 2 is 0.587 bits per heavy atom. The molecule has 0 radical (unpaired) electrons. The highest BCUT2D eigenvalue weighted by Gasteiger charge is 2.30. The maximum absolute atomic E-state index is 13.0. The zero-order chi connectivity index (χ0) is 67.9. The number of carbonyl (C=O) groups excluding carboxylic acids is 4. The molecular formula is C73H134O17P2. The van der Waals surface area contributed by atoms with Crippen molar-refractivity contribution in [3.63, 3.8) is 0 Å². The van der Waals surface area contributed by atoms with Crippen LogP contribution in [0.15, 0.2) is 48.6 Å². The van der Waals surface area contributed by atoms with Crippen LogP contribution >= 0.6 is 15.6 Å². The van der Waals surface area contributed by atoms with E-state index in [4.69, 9.17) is 37.0 Å². The van der Waals surface area contributed by atoms with E-state index in [9.17, 15) is 43.2 Å². The van der Waals surface area contributed by atoms with Gasteiger partial charge < -0.3 is 33.8 Å². The third-order valence-electron chi connectivity index (χ3n) is 15.7. The van der Waals surface area contributed by atoms with Crippen LogP contribution < -0.4 is 0 Å². The minimum absolute atomic E-state index is 0.0778. The molecule has 0 aromatic carbocycles. The van der Waals surface area contributed by atoms with Gasteiger partial charge in [-0.15, -0.1) is 0 Å². The summed E-state index contributed by atoms with van der Waals surface area (Å²) in [5.74, 6) is -0.746. The number of phosphoric ester groups is 2. The predicted molar refractivity (Wildman–Crippen MR) is 372 cm³/mol. The number of aliphatic hydroxyl groups is 1. The van der Waals surface area contributed by atoms with Crippen LogP contribution in [0.4, 0.5) is 0 Å². The maximum atomic E-state index is 13.0. The first kappa shape index (κ1) is 89.0. The average molecular weight is 1350 g/mol. The molecule has 5 atom stereocenters. The number of hydrogen-bond acceptors (Lipinski definition) is 15. The van der Waals surface area contributed by atoms with Gasteiger partial charge in [0.2, 0.25) is 0 Å². The van der Waals surface area contributed by atoms with Crippen LogP contribution in [-0.4, -0.2) is 96.7 Å². The highest BCUT2D eigenvalue weighted by Crippen LogP contribution is 2.45. The molecule has 0 spiro atoms. The number of carbonyl (C=O) groups is 4. The van der Waals surface area contributed by atoms with Gasteiger partial charge >= 0.3 is 39.5 Å². The lowest BCUT2D eigenvalue weighted by Gasteiger charge is -2.21. The summed E-state index contributed by atoms with van der Waals surface area (Å²) in [7, 11) is -9.93. The van der Waals surface area contributed by atoms with Crippen LogP contribution in [0.25, 0.3) is 0 Å². The van der Waals surface area contributed by atoms with Gasteiger partial charge in [-0.3, -0.25) is 37.3 Å². The minimum atomic E-state index is -4.97. The Balaban J connectivity index is 5.33. The molecule has 92 heavy (non-hydrogen) atoms. The second-order valence-corrected chi connectivity index (χ2v) is 28.8. The Morgan fingerprint density at radius 3 is 0.880 bits per heavy atom. The molecular weight excluding hydrogens is 1210 g/mol. The van der Waals surface area contributed by atoms with Crippen LogP contribution in [0.1, 0.15) is 324 Å². The molecule has 0 rings (SSSR count). The van der Waals surface area contributed by atoms with Crippen molar-refractivity contribution >= 4 is 39.5 Å². The zero-order valence-electron chi connectivity index (χ0n) is 58.8. The molecule has 0 aliphatic carbocycles. The van der Waals surface area contributed by atoms with Gasteiger partial charge in [0.1, 0.15) is 19.3 Å². The number of hydrogen-bond donors (Lipinski definition) is 3. The molecule has 3 unspecified atom stereocenters. The first-order valence-corrected chi connectivity index (χ1v) is 39.6. The normalized spacial score (nSPS) is 14.4. The third kappa shape index (κ3) is 65.7. The van der Waals surface area contributed by atoms with Gasteiger partial charge in [0.15, 0.2) is 12.2 Å². The molecule has 0 aromatic heterocycles. The SMILES string of the molecule is CCCCCC/C=C\C=C/CCCCCCCC(=O)OC[C@H](COP(=O)(O)OCC(O)COP(=O)(O)OC[C@@H](COC(=O)CCCCCCCCCCC(C)C)OC(=O)CCCCCCCCCCC(C)C)OC(=O)CCCCCCC/C=C\C=C/CCCCCC. The molecule has 0 saturated heterocycles. The summed E-state index contributed by atoms with van der Waals surface area (Å²) in [6.07, 6.45) is 55.8. The first-order valence-electron chi connectivity index (χ1n) is 36.6. The van der Waals surface area contributed by atoms with Crippen LogP contribution in [-0.2, 0) is 65.4 Å². The zero-order valence-corrected chi connectivity index (χ0v) is 60.6. The second kappa shape index (κ2) is 64.0. The first-order chi connectivity index (χ1) is 44.4. The smallest absolute Gasteiger partial charge is 0.462 e. The Hall–Kier alpha value is -2.98. The van der Waals surface area contributed by atoms with E-state index >= 15 is 0 Å². The number of rotatable bonds is 68. The molecule has 19 heteroatoms. The number of allylic oxidation sites excluding steroid dienone is 8. The molecule has 0 fully saturated rings. The van der Waals surface area contributed by atoms with E-state index in [1.165, 1.54) is 109 Å². The van der Waals surface area contributed by atoms with E-state index < -0.39 is 97.5 Å². The third-order valence-corrected chi connectivity index (χ3v) is 17.6. The van der Waals surface area contributed by atoms with E-state index in [2.05, 4.69) is 90.2 Å². The van der Waals surface area contributed by atoms with Crippen molar-refractivity contribution in [1.82, 2.24) is 0 Å². The average Bonchev–Trinajstić information content (AvgIpc) is 2.61. The van der Waals surface area contributed by atoms with Crippen molar-refractivity contribution in [2.75, 3.05) is 39.6 Å². The fourth-order valence-corrected chi connectivity index (χ4v) is 11.6.